The Balaban J connectivity index is 2.15. The molecule has 1 aromatic carbocycles. The van der Waals surface area contributed by atoms with Gasteiger partial charge >= 0.3 is 0 Å². The Morgan fingerprint density at radius 2 is 2.00 bits per heavy atom. The van der Waals surface area contributed by atoms with Crippen molar-refractivity contribution in [3.05, 3.63) is 34.9 Å². The highest BCUT2D eigenvalue weighted by Crippen LogP contribution is 2.24. The van der Waals surface area contributed by atoms with E-state index in [1.165, 1.54) is 19.3 Å². The van der Waals surface area contributed by atoms with Crippen LogP contribution in [0, 0.1) is 0 Å². The zero-order chi connectivity index (χ0) is 13.7. The summed E-state index contributed by atoms with van der Waals surface area (Å²) >= 11 is 11.8. The largest absolute Gasteiger partial charge is 0.334 e. The highest BCUT2D eigenvalue weighted by atomic mass is 35.5. The van der Waals surface area contributed by atoms with Crippen molar-refractivity contribution in [3.8, 4) is 0 Å². The molecule has 1 aliphatic rings. The van der Waals surface area contributed by atoms with Crippen LogP contribution in [0.2, 0.25) is 5.02 Å². The van der Waals surface area contributed by atoms with Crippen molar-refractivity contribution in [2.75, 3.05) is 12.4 Å². The van der Waals surface area contributed by atoms with E-state index < -0.39 is 0 Å². The summed E-state index contributed by atoms with van der Waals surface area (Å²) in [4.78, 5) is 14.5. The van der Waals surface area contributed by atoms with Crippen LogP contribution in [0.15, 0.2) is 24.3 Å². The van der Waals surface area contributed by atoms with Crippen molar-refractivity contribution in [3.63, 3.8) is 0 Å². The Bertz CT molecular complexity index is 430. The lowest BCUT2D eigenvalue weighted by Crippen LogP contribution is -2.42. The van der Waals surface area contributed by atoms with Crippen molar-refractivity contribution in [2.24, 2.45) is 0 Å². The number of carbonyl (C=O) groups excluding carboxylic acids is 1. The molecule has 0 aromatic heterocycles. The summed E-state index contributed by atoms with van der Waals surface area (Å²) in [6.45, 7) is 0.609. The molecule has 1 aliphatic carbocycles. The fraction of sp³-hybridized carbons (Fsp3) is 0.533. The first-order valence-corrected chi connectivity index (χ1v) is 7.76. The first kappa shape index (κ1) is 14.7. The number of alkyl halides is 1. The monoisotopic (exact) mass is 299 g/mol. The van der Waals surface area contributed by atoms with Gasteiger partial charge in [-0.1, -0.05) is 36.9 Å². The van der Waals surface area contributed by atoms with E-state index in [9.17, 15) is 4.79 Å². The molecule has 104 valence electrons. The lowest BCUT2D eigenvalue weighted by Gasteiger charge is -2.34. The van der Waals surface area contributed by atoms with Crippen molar-refractivity contribution in [1.82, 2.24) is 4.90 Å². The molecule has 2 rings (SSSR count). The van der Waals surface area contributed by atoms with Crippen LogP contribution in [0.5, 0.6) is 0 Å². The van der Waals surface area contributed by atoms with Crippen LogP contribution in [0.25, 0.3) is 0 Å². The van der Waals surface area contributed by atoms with Gasteiger partial charge in [-0.2, -0.15) is 0 Å². The molecule has 19 heavy (non-hydrogen) atoms. The minimum absolute atomic E-state index is 0.0510. The zero-order valence-electron chi connectivity index (χ0n) is 10.9. The maximum Gasteiger partial charge on any atom is 0.254 e. The molecular weight excluding hydrogens is 281 g/mol. The Morgan fingerprint density at radius 3 is 2.63 bits per heavy atom. The number of hydrogen-bond donors (Lipinski definition) is 0. The molecule has 0 saturated heterocycles. The molecule has 2 nitrogen and oxygen atoms in total. The zero-order valence-corrected chi connectivity index (χ0v) is 12.5. The minimum atomic E-state index is 0.0510. The second-order valence-electron chi connectivity index (χ2n) is 4.99. The van der Waals surface area contributed by atoms with Gasteiger partial charge in [-0.3, -0.25) is 4.79 Å². The van der Waals surface area contributed by atoms with Crippen LogP contribution in [0.1, 0.15) is 42.5 Å². The van der Waals surface area contributed by atoms with Crippen LogP contribution < -0.4 is 0 Å². The number of rotatable bonds is 4. The van der Waals surface area contributed by atoms with Gasteiger partial charge in [0.2, 0.25) is 0 Å². The van der Waals surface area contributed by atoms with Crippen LogP contribution in [0.4, 0.5) is 0 Å². The third-order valence-electron chi connectivity index (χ3n) is 3.67. The third kappa shape index (κ3) is 3.87. The second kappa shape index (κ2) is 7.16. The molecule has 1 aromatic rings. The molecule has 1 fully saturated rings. The van der Waals surface area contributed by atoms with Crippen molar-refractivity contribution in [2.45, 2.75) is 38.1 Å². The smallest absolute Gasteiger partial charge is 0.254 e. The predicted molar refractivity (Wildman–Crippen MR) is 80.1 cm³/mol. The van der Waals surface area contributed by atoms with Crippen LogP contribution >= 0.6 is 23.2 Å². The molecule has 0 spiro atoms. The van der Waals surface area contributed by atoms with E-state index in [4.69, 9.17) is 23.2 Å². The fourth-order valence-corrected chi connectivity index (χ4v) is 3.09. The van der Waals surface area contributed by atoms with Crippen molar-refractivity contribution < 1.29 is 4.79 Å². The van der Waals surface area contributed by atoms with E-state index in [-0.39, 0.29) is 5.91 Å². The highest BCUT2D eigenvalue weighted by Gasteiger charge is 2.25. The van der Waals surface area contributed by atoms with Crippen molar-refractivity contribution in [1.29, 1.82) is 0 Å². The first-order chi connectivity index (χ1) is 9.22. The van der Waals surface area contributed by atoms with E-state index in [1.54, 1.807) is 12.1 Å². The third-order valence-corrected chi connectivity index (χ3v) is 4.08. The highest BCUT2D eigenvalue weighted by molar-refractivity contribution is 6.31. The van der Waals surface area contributed by atoms with Gasteiger partial charge in [-0.05, 0) is 31.0 Å². The average molecular weight is 300 g/mol. The van der Waals surface area contributed by atoms with Gasteiger partial charge in [0.15, 0.2) is 0 Å². The van der Waals surface area contributed by atoms with Gasteiger partial charge in [0.1, 0.15) is 0 Å². The molecule has 4 heteroatoms. The van der Waals surface area contributed by atoms with Gasteiger partial charge in [-0.15, -0.1) is 11.6 Å². The molecular formula is C15H19Cl2NO. The molecule has 0 N–H and O–H groups in total. The summed E-state index contributed by atoms with van der Waals surface area (Å²) in [7, 11) is 0. The topological polar surface area (TPSA) is 20.3 Å². The number of hydrogen-bond acceptors (Lipinski definition) is 1. The molecule has 1 saturated carbocycles. The van der Waals surface area contributed by atoms with Gasteiger partial charge in [-0.25, -0.2) is 0 Å². The van der Waals surface area contributed by atoms with Crippen LogP contribution in [0.3, 0.4) is 0 Å². The molecule has 1 amide bonds. The van der Waals surface area contributed by atoms with E-state index in [2.05, 4.69) is 0 Å². The first-order valence-electron chi connectivity index (χ1n) is 6.85. The minimum Gasteiger partial charge on any atom is -0.334 e. The number of benzene rings is 1. The number of nitrogens with zero attached hydrogens (tertiary/aromatic N) is 1. The SMILES string of the molecule is O=C(c1cccc(Cl)c1)N(CCCl)C1CCCCC1. The molecule has 0 radical (unpaired) electrons. The number of amides is 1. The van der Waals surface area contributed by atoms with E-state index in [1.807, 2.05) is 17.0 Å². The van der Waals surface area contributed by atoms with E-state index in [0.29, 0.717) is 29.1 Å². The van der Waals surface area contributed by atoms with Gasteiger partial charge in [0.05, 0.1) is 0 Å². The Kier molecular flexibility index (Phi) is 5.53. The summed E-state index contributed by atoms with van der Waals surface area (Å²) < 4.78 is 0. The molecule has 0 unspecified atom stereocenters. The normalized spacial score (nSPS) is 16.3. The molecule has 0 aliphatic heterocycles. The lowest BCUT2D eigenvalue weighted by atomic mass is 9.93. The quantitative estimate of drug-likeness (QED) is 0.757. The standard InChI is InChI=1S/C15H19Cl2NO/c16-9-10-18(14-7-2-1-3-8-14)15(19)12-5-4-6-13(17)11-12/h4-6,11,14H,1-3,7-10H2. The maximum absolute atomic E-state index is 12.6. The Hall–Kier alpha value is -0.730. The lowest BCUT2D eigenvalue weighted by molar-refractivity contribution is 0.0649. The maximum atomic E-state index is 12.6. The molecule has 0 heterocycles. The average Bonchev–Trinajstić information content (AvgIpc) is 2.45. The number of carbonyl (C=O) groups is 1. The van der Waals surface area contributed by atoms with E-state index >= 15 is 0 Å². The summed E-state index contributed by atoms with van der Waals surface area (Å²) in [5, 5.41) is 0.598. The predicted octanol–water partition coefficient (Wildman–Crippen LogP) is 4.35. The summed E-state index contributed by atoms with van der Waals surface area (Å²) in [5.74, 6) is 0.526. The van der Waals surface area contributed by atoms with E-state index in [0.717, 1.165) is 12.8 Å². The number of halogens is 2. The summed E-state index contributed by atoms with van der Waals surface area (Å²) in [6.07, 6.45) is 5.85. The summed E-state index contributed by atoms with van der Waals surface area (Å²) in [6, 6.07) is 7.48. The fourth-order valence-electron chi connectivity index (χ4n) is 2.72. The second-order valence-corrected chi connectivity index (χ2v) is 5.80. The molecule has 0 bridgehead atoms. The summed E-state index contributed by atoms with van der Waals surface area (Å²) in [5.41, 5.74) is 0.656. The van der Waals surface area contributed by atoms with Crippen molar-refractivity contribution >= 4 is 29.1 Å². The van der Waals surface area contributed by atoms with Crippen LogP contribution in [-0.2, 0) is 0 Å². The van der Waals surface area contributed by atoms with Crippen LogP contribution in [-0.4, -0.2) is 29.3 Å². The van der Waals surface area contributed by atoms with Gasteiger partial charge in [0, 0.05) is 29.1 Å². The molecule has 0 atom stereocenters. The van der Waals surface area contributed by atoms with Gasteiger partial charge in [0.25, 0.3) is 5.91 Å². The Labute approximate surface area is 124 Å². The Morgan fingerprint density at radius 1 is 1.26 bits per heavy atom. The van der Waals surface area contributed by atoms with Gasteiger partial charge < -0.3 is 4.90 Å².